The van der Waals surface area contributed by atoms with Gasteiger partial charge in [-0.15, -0.1) is 0 Å². The van der Waals surface area contributed by atoms with E-state index in [4.69, 9.17) is 9.84 Å². The summed E-state index contributed by atoms with van der Waals surface area (Å²) in [5.41, 5.74) is 0. The number of carboxylic acids is 1. The molecule has 0 amide bonds. The number of hydrogen-bond donors (Lipinski definition) is 1. The molecule has 3 rings (SSSR count). The first kappa shape index (κ1) is 16.4. The van der Waals surface area contributed by atoms with E-state index in [0.29, 0.717) is 25.7 Å². The molecule has 0 aliphatic carbocycles. The van der Waals surface area contributed by atoms with Crippen molar-refractivity contribution < 1.29 is 23.1 Å². The Balaban J connectivity index is 1.80. The second kappa shape index (κ2) is 6.58. The highest BCUT2D eigenvalue weighted by atomic mass is 32.2. The lowest BCUT2D eigenvalue weighted by Crippen LogP contribution is -2.41. The van der Waals surface area contributed by atoms with Crippen LogP contribution in [-0.2, 0) is 26.1 Å². The van der Waals surface area contributed by atoms with Gasteiger partial charge in [-0.1, -0.05) is 0 Å². The third-order valence-corrected chi connectivity index (χ3v) is 6.45. The molecule has 1 aromatic rings. The lowest BCUT2D eigenvalue weighted by atomic mass is 9.91. The maximum absolute atomic E-state index is 12.9. The normalized spacial score (nSPS) is 24.1. The Morgan fingerprint density at radius 2 is 2.09 bits per heavy atom. The molecule has 0 spiro atoms. The van der Waals surface area contributed by atoms with Crippen LogP contribution in [0.5, 0.6) is 0 Å². The highest BCUT2D eigenvalue weighted by molar-refractivity contribution is 7.89. The molecule has 3 heterocycles. The van der Waals surface area contributed by atoms with Crippen LogP contribution >= 0.6 is 0 Å². The summed E-state index contributed by atoms with van der Waals surface area (Å²) >= 11 is 0. The van der Waals surface area contributed by atoms with E-state index in [1.165, 1.54) is 12.4 Å². The summed E-state index contributed by atoms with van der Waals surface area (Å²) in [7, 11) is -3.64. The molecule has 1 aromatic heterocycles. The molecule has 128 valence electrons. The number of sulfonamides is 1. The van der Waals surface area contributed by atoms with Crippen molar-refractivity contribution in [3.8, 4) is 0 Å². The molecule has 8 nitrogen and oxygen atoms in total. The number of aromatic nitrogens is 2. The first-order valence-corrected chi connectivity index (χ1v) is 9.26. The van der Waals surface area contributed by atoms with E-state index < -0.39 is 16.0 Å². The fraction of sp³-hybridized carbons (Fsp3) is 0.714. The number of nitrogens with zero attached hydrogens (tertiary/aromatic N) is 3. The van der Waals surface area contributed by atoms with E-state index >= 15 is 0 Å². The topological polar surface area (TPSA) is 102 Å². The smallest absolute Gasteiger partial charge is 0.325 e. The Labute approximate surface area is 135 Å². The quantitative estimate of drug-likeness (QED) is 0.837. The molecule has 9 heteroatoms. The fourth-order valence-electron chi connectivity index (χ4n) is 3.47. The van der Waals surface area contributed by atoms with Gasteiger partial charge >= 0.3 is 5.97 Å². The Kier molecular flexibility index (Phi) is 4.69. The Morgan fingerprint density at radius 1 is 1.35 bits per heavy atom. The monoisotopic (exact) mass is 343 g/mol. The van der Waals surface area contributed by atoms with Crippen LogP contribution in [0.4, 0.5) is 0 Å². The molecule has 2 aliphatic heterocycles. The molecular formula is C14H21N3O5S. The summed E-state index contributed by atoms with van der Waals surface area (Å²) in [5.74, 6) is -0.728. The summed E-state index contributed by atoms with van der Waals surface area (Å²) in [4.78, 5) is 10.8. The van der Waals surface area contributed by atoms with Gasteiger partial charge < -0.3 is 9.84 Å². The van der Waals surface area contributed by atoms with Crippen LogP contribution in [-0.4, -0.2) is 59.4 Å². The second-order valence-electron chi connectivity index (χ2n) is 6.04. The second-order valence-corrected chi connectivity index (χ2v) is 7.93. The van der Waals surface area contributed by atoms with Crippen molar-refractivity contribution in [3.05, 3.63) is 12.4 Å². The summed E-state index contributed by atoms with van der Waals surface area (Å²) < 4.78 is 33.8. The van der Waals surface area contributed by atoms with Crippen molar-refractivity contribution in [1.29, 1.82) is 0 Å². The molecule has 2 aliphatic rings. The van der Waals surface area contributed by atoms with Gasteiger partial charge in [0.05, 0.1) is 6.20 Å². The van der Waals surface area contributed by atoms with Crippen LogP contribution < -0.4 is 0 Å². The SMILES string of the molecule is O=C(O)Cn1cc(S(=O)(=O)N2CCCC2C2CCOCC2)cn1. The summed E-state index contributed by atoms with van der Waals surface area (Å²) in [6.07, 6.45) is 6.02. The standard InChI is InChI=1S/C14H21N3O5S/c18-14(19)10-16-9-12(8-15-16)23(20,21)17-5-1-2-13(17)11-3-6-22-7-4-11/h8-9,11,13H,1-7,10H2,(H,18,19). The highest BCUT2D eigenvalue weighted by Crippen LogP contribution is 2.34. The van der Waals surface area contributed by atoms with Gasteiger partial charge in [-0.05, 0) is 31.6 Å². The van der Waals surface area contributed by atoms with E-state index in [9.17, 15) is 13.2 Å². The van der Waals surface area contributed by atoms with Crippen LogP contribution in [0, 0.1) is 5.92 Å². The van der Waals surface area contributed by atoms with Gasteiger partial charge in [-0.25, -0.2) is 8.42 Å². The van der Waals surface area contributed by atoms with Gasteiger partial charge in [0, 0.05) is 32.0 Å². The van der Waals surface area contributed by atoms with Crippen molar-refractivity contribution in [2.75, 3.05) is 19.8 Å². The fourth-order valence-corrected chi connectivity index (χ4v) is 5.18. The number of carboxylic acid groups (broad SMARTS) is 1. The number of aliphatic carboxylic acids is 1. The summed E-state index contributed by atoms with van der Waals surface area (Å²) in [6, 6.07) is 0.00623. The molecule has 1 N–H and O–H groups in total. The molecule has 0 saturated carbocycles. The number of rotatable bonds is 5. The van der Waals surface area contributed by atoms with E-state index in [0.717, 1.165) is 30.4 Å². The van der Waals surface area contributed by atoms with Crippen LogP contribution in [0.2, 0.25) is 0 Å². The molecule has 2 saturated heterocycles. The average Bonchev–Trinajstić information content (AvgIpc) is 3.16. The zero-order valence-electron chi connectivity index (χ0n) is 12.8. The molecule has 1 unspecified atom stereocenters. The zero-order valence-corrected chi connectivity index (χ0v) is 13.6. The third kappa shape index (κ3) is 3.41. The predicted molar refractivity (Wildman–Crippen MR) is 80.3 cm³/mol. The van der Waals surface area contributed by atoms with Gasteiger partial charge in [0.25, 0.3) is 0 Å². The van der Waals surface area contributed by atoms with Crippen molar-refractivity contribution in [2.45, 2.75) is 43.2 Å². The predicted octanol–water partition coefficient (Wildman–Crippen LogP) is 0.547. The zero-order chi connectivity index (χ0) is 16.4. The highest BCUT2D eigenvalue weighted by Gasteiger charge is 2.40. The van der Waals surface area contributed by atoms with Crippen LogP contribution in [0.15, 0.2) is 17.3 Å². The van der Waals surface area contributed by atoms with Crippen molar-refractivity contribution in [1.82, 2.24) is 14.1 Å². The molecule has 1 atom stereocenters. The molecule has 0 aromatic carbocycles. The first-order valence-electron chi connectivity index (χ1n) is 7.82. The minimum Gasteiger partial charge on any atom is -0.480 e. The maximum atomic E-state index is 12.9. The summed E-state index contributed by atoms with van der Waals surface area (Å²) in [5, 5.41) is 12.6. The summed E-state index contributed by atoms with van der Waals surface area (Å²) in [6.45, 7) is 1.53. The third-order valence-electron chi connectivity index (χ3n) is 4.57. The Morgan fingerprint density at radius 3 is 2.78 bits per heavy atom. The number of carbonyl (C=O) groups is 1. The van der Waals surface area contributed by atoms with Crippen molar-refractivity contribution in [2.24, 2.45) is 5.92 Å². The minimum atomic E-state index is -3.64. The Hall–Kier alpha value is -1.45. The van der Waals surface area contributed by atoms with E-state index in [1.54, 1.807) is 4.31 Å². The van der Waals surface area contributed by atoms with Crippen LogP contribution in [0.3, 0.4) is 0 Å². The maximum Gasteiger partial charge on any atom is 0.325 e. The van der Waals surface area contributed by atoms with Crippen LogP contribution in [0.25, 0.3) is 0 Å². The van der Waals surface area contributed by atoms with Gasteiger partial charge in [0.2, 0.25) is 10.0 Å². The van der Waals surface area contributed by atoms with Crippen LogP contribution in [0.1, 0.15) is 25.7 Å². The first-order chi connectivity index (χ1) is 11.0. The van der Waals surface area contributed by atoms with Crippen molar-refractivity contribution >= 4 is 16.0 Å². The molecule has 0 radical (unpaired) electrons. The largest absolute Gasteiger partial charge is 0.480 e. The van der Waals surface area contributed by atoms with E-state index in [2.05, 4.69) is 5.10 Å². The molecule has 23 heavy (non-hydrogen) atoms. The van der Waals surface area contributed by atoms with Gasteiger partial charge in [0.1, 0.15) is 11.4 Å². The van der Waals surface area contributed by atoms with Gasteiger partial charge in [-0.2, -0.15) is 9.40 Å². The molecule has 2 fully saturated rings. The minimum absolute atomic E-state index is 0.00623. The van der Waals surface area contributed by atoms with E-state index in [1.807, 2.05) is 0 Å². The number of hydrogen-bond acceptors (Lipinski definition) is 5. The average molecular weight is 343 g/mol. The Bertz CT molecular complexity index is 666. The van der Waals surface area contributed by atoms with Crippen molar-refractivity contribution in [3.63, 3.8) is 0 Å². The van der Waals surface area contributed by atoms with Gasteiger partial charge in [-0.3, -0.25) is 9.48 Å². The van der Waals surface area contributed by atoms with Gasteiger partial charge in [0.15, 0.2) is 0 Å². The lowest BCUT2D eigenvalue weighted by Gasteiger charge is -2.33. The van der Waals surface area contributed by atoms with E-state index in [-0.39, 0.29) is 17.5 Å². The molecular weight excluding hydrogens is 322 g/mol. The number of ether oxygens (including phenoxy) is 1. The molecule has 0 bridgehead atoms. The lowest BCUT2D eigenvalue weighted by molar-refractivity contribution is -0.137.